The van der Waals surface area contributed by atoms with Crippen molar-refractivity contribution < 1.29 is 5.11 Å². The van der Waals surface area contributed by atoms with Gasteiger partial charge in [0.15, 0.2) is 5.84 Å². The van der Waals surface area contributed by atoms with Crippen molar-refractivity contribution in [3.63, 3.8) is 0 Å². The number of nitrogens with two attached hydrogens (primary N) is 1. The Labute approximate surface area is 86.2 Å². The molecular weight excluding hydrogens is 194 g/mol. The average Bonchev–Trinajstić information content (AvgIpc) is 2.21. The Kier molecular flexibility index (Phi) is 3.24. The number of hydrogen-bond donors (Lipinski definition) is 4. The molecule has 0 heterocycles. The van der Waals surface area contributed by atoms with E-state index in [2.05, 4.69) is 10.5 Å². The topological polar surface area (TPSA) is 118 Å². The maximum atomic E-state index is 9.00. The monoisotopic (exact) mass is 203 g/mol. The van der Waals surface area contributed by atoms with Crippen molar-refractivity contribution in [3.05, 3.63) is 24.3 Å². The lowest BCUT2D eigenvalue weighted by Crippen LogP contribution is -2.21. The summed E-state index contributed by atoms with van der Waals surface area (Å²) in [6.07, 6.45) is 0. The molecule has 1 rings (SSSR count). The number of rotatable bonds is 3. The van der Waals surface area contributed by atoms with E-state index in [0.29, 0.717) is 5.69 Å². The molecule has 0 radical (unpaired) electrons. The lowest BCUT2D eigenvalue weighted by Gasteiger charge is -2.00. The third kappa shape index (κ3) is 3.00. The molecule has 0 saturated heterocycles. The molecule has 0 aliphatic carbocycles. The minimum absolute atomic E-state index is 0.136. The molecule has 15 heavy (non-hydrogen) atoms. The Bertz CT molecular complexity index is 429. The Morgan fingerprint density at radius 2 is 2.07 bits per heavy atom. The molecule has 0 fully saturated rings. The zero-order valence-electron chi connectivity index (χ0n) is 7.73. The van der Waals surface area contributed by atoms with E-state index in [4.69, 9.17) is 21.5 Å². The van der Waals surface area contributed by atoms with Crippen LogP contribution in [0.1, 0.15) is 0 Å². The van der Waals surface area contributed by atoms with Crippen LogP contribution in [-0.4, -0.2) is 16.7 Å². The van der Waals surface area contributed by atoms with Gasteiger partial charge in [-0.15, -0.1) is 0 Å². The van der Waals surface area contributed by atoms with Crippen molar-refractivity contribution in [1.29, 1.82) is 10.7 Å². The summed E-state index contributed by atoms with van der Waals surface area (Å²) < 4.78 is 0. The summed E-state index contributed by atoms with van der Waals surface area (Å²) in [4.78, 5) is 0. The number of nitriles is 1. The minimum Gasteiger partial charge on any atom is -0.508 e. The van der Waals surface area contributed by atoms with Gasteiger partial charge in [0.2, 0.25) is 5.71 Å². The van der Waals surface area contributed by atoms with E-state index in [9.17, 15) is 0 Å². The van der Waals surface area contributed by atoms with E-state index >= 15 is 0 Å². The molecule has 1 aromatic rings. The van der Waals surface area contributed by atoms with Gasteiger partial charge in [-0.25, -0.2) is 0 Å². The van der Waals surface area contributed by atoms with Gasteiger partial charge in [-0.2, -0.15) is 10.4 Å². The van der Waals surface area contributed by atoms with Crippen molar-refractivity contribution >= 4 is 17.2 Å². The highest BCUT2D eigenvalue weighted by Gasteiger charge is 2.00. The standard InChI is InChI=1S/C9H9N5O/c10-5-8(9(11)12)14-13-6-1-3-7(15)4-2-6/h1-4,13,15H,(H3,11,12)/b14-8+. The molecule has 1 aromatic carbocycles. The summed E-state index contributed by atoms with van der Waals surface area (Å²) in [5.74, 6) is -0.264. The predicted octanol–water partition coefficient (Wildman–Crippen LogP) is 0.620. The molecule has 0 aliphatic rings. The van der Waals surface area contributed by atoms with E-state index in [0.717, 1.165) is 0 Å². The number of hydrogen-bond acceptors (Lipinski definition) is 5. The van der Waals surface area contributed by atoms with Crippen molar-refractivity contribution in [2.75, 3.05) is 5.43 Å². The number of phenolic OH excluding ortho intramolecular Hbond substituents is 1. The summed E-state index contributed by atoms with van der Waals surface area (Å²) in [5.41, 5.74) is 8.02. The minimum atomic E-state index is -0.399. The molecule has 6 nitrogen and oxygen atoms in total. The highest BCUT2D eigenvalue weighted by molar-refractivity contribution is 6.45. The first-order valence-corrected chi connectivity index (χ1v) is 4.00. The summed E-state index contributed by atoms with van der Waals surface area (Å²) in [6.45, 7) is 0. The molecule has 76 valence electrons. The second kappa shape index (κ2) is 4.62. The van der Waals surface area contributed by atoms with Crippen molar-refractivity contribution in [2.24, 2.45) is 10.8 Å². The molecule has 0 unspecified atom stereocenters. The summed E-state index contributed by atoms with van der Waals surface area (Å²) >= 11 is 0. The van der Waals surface area contributed by atoms with Crippen LogP contribution in [0.2, 0.25) is 0 Å². The third-order valence-corrected chi connectivity index (χ3v) is 1.53. The van der Waals surface area contributed by atoms with E-state index < -0.39 is 5.84 Å². The first-order valence-electron chi connectivity index (χ1n) is 4.00. The van der Waals surface area contributed by atoms with Gasteiger partial charge in [-0.05, 0) is 24.3 Å². The zero-order chi connectivity index (χ0) is 11.3. The van der Waals surface area contributed by atoms with Crippen molar-refractivity contribution in [1.82, 2.24) is 0 Å². The Morgan fingerprint density at radius 1 is 1.47 bits per heavy atom. The average molecular weight is 203 g/mol. The second-order valence-electron chi connectivity index (χ2n) is 2.64. The van der Waals surface area contributed by atoms with Crippen LogP contribution >= 0.6 is 0 Å². The van der Waals surface area contributed by atoms with Crippen LogP contribution in [-0.2, 0) is 0 Å². The molecule has 0 saturated carbocycles. The molecule has 0 bridgehead atoms. The van der Waals surface area contributed by atoms with Crippen LogP contribution in [0.3, 0.4) is 0 Å². The van der Waals surface area contributed by atoms with Crippen molar-refractivity contribution in [3.8, 4) is 11.8 Å². The molecule has 5 N–H and O–H groups in total. The van der Waals surface area contributed by atoms with E-state index in [1.165, 1.54) is 12.1 Å². The maximum absolute atomic E-state index is 9.00. The van der Waals surface area contributed by atoms with Gasteiger partial charge in [0.1, 0.15) is 11.8 Å². The fraction of sp³-hybridized carbons (Fsp3) is 0. The summed E-state index contributed by atoms with van der Waals surface area (Å²) in [5, 5.41) is 28.1. The lowest BCUT2D eigenvalue weighted by molar-refractivity contribution is 0.475. The van der Waals surface area contributed by atoms with Crippen molar-refractivity contribution in [2.45, 2.75) is 0 Å². The smallest absolute Gasteiger partial charge is 0.201 e. The largest absolute Gasteiger partial charge is 0.508 e. The molecule has 0 aromatic heterocycles. The number of anilines is 1. The van der Waals surface area contributed by atoms with Crippen LogP contribution in [0.4, 0.5) is 5.69 Å². The van der Waals surface area contributed by atoms with Gasteiger partial charge in [-0.1, -0.05) is 0 Å². The van der Waals surface area contributed by atoms with Gasteiger partial charge < -0.3 is 10.8 Å². The fourth-order valence-corrected chi connectivity index (χ4v) is 0.802. The molecule has 0 atom stereocenters. The molecule has 0 aliphatic heterocycles. The van der Waals surface area contributed by atoms with E-state index in [1.54, 1.807) is 18.2 Å². The lowest BCUT2D eigenvalue weighted by atomic mass is 10.3. The third-order valence-electron chi connectivity index (χ3n) is 1.53. The Balaban J connectivity index is 2.76. The summed E-state index contributed by atoms with van der Waals surface area (Å²) in [7, 11) is 0. The van der Waals surface area contributed by atoms with Crippen LogP contribution in [0.5, 0.6) is 5.75 Å². The van der Waals surface area contributed by atoms with Gasteiger partial charge in [0, 0.05) is 0 Å². The van der Waals surface area contributed by atoms with Crippen LogP contribution < -0.4 is 11.2 Å². The highest BCUT2D eigenvalue weighted by atomic mass is 16.3. The fourth-order valence-electron chi connectivity index (χ4n) is 0.802. The molecule has 0 amide bonds. The molecule has 6 heteroatoms. The van der Waals surface area contributed by atoms with Crippen LogP contribution in [0.25, 0.3) is 0 Å². The number of aromatic hydroxyl groups is 1. The van der Waals surface area contributed by atoms with E-state index in [1.807, 2.05) is 0 Å². The number of phenols is 1. The number of amidine groups is 1. The van der Waals surface area contributed by atoms with Crippen LogP contribution in [0.15, 0.2) is 29.4 Å². The normalized spacial score (nSPS) is 10.5. The quantitative estimate of drug-likeness (QED) is 0.249. The van der Waals surface area contributed by atoms with Gasteiger partial charge >= 0.3 is 0 Å². The van der Waals surface area contributed by atoms with E-state index in [-0.39, 0.29) is 11.5 Å². The predicted molar refractivity (Wildman–Crippen MR) is 56.7 cm³/mol. The highest BCUT2D eigenvalue weighted by Crippen LogP contribution is 2.13. The summed E-state index contributed by atoms with van der Waals surface area (Å²) in [6, 6.07) is 7.77. The second-order valence-corrected chi connectivity index (χ2v) is 2.64. The SMILES string of the molecule is N#C/C(=N\Nc1ccc(O)cc1)C(=N)N. The van der Waals surface area contributed by atoms with Gasteiger partial charge in [0.05, 0.1) is 5.69 Å². The van der Waals surface area contributed by atoms with Gasteiger partial charge in [-0.3, -0.25) is 10.8 Å². The molecular formula is C9H9N5O. The number of nitrogens with one attached hydrogen (secondary N) is 2. The maximum Gasteiger partial charge on any atom is 0.201 e. The molecule has 0 spiro atoms. The Hall–Kier alpha value is -2.55. The number of nitrogens with zero attached hydrogens (tertiary/aromatic N) is 2. The number of benzene rings is 1. The number of hydrazone groups is 1. The van der Waals surface area contributed by atoms with Crippen LogP contribution in [0, 0.1) is 16.7 Å². The first-order chi connectivity index (χ1) is 7.13. The van der Waals surface area contributed by atoms with Gasteiger partial charge in [0.25, 0.3) is 0 Å². The Morgan fingerprint density at radius 3 is 2.53 bits per heavy atom. The zero-order valence-corrected chi connectivity index (χ0v) is 7.73. The first kappa shape index (κ1) is 10.5.